The third-order valence-electron chi connectivity index (χ3n) is 4.69. The summed E-state index contributed by atoms with van der Waals surface area (Å²) in [4.78, 5) is 25.9. The highest BCUT2D eigenvalue weighted by molar-refractivity contribution is 6.04. The summed E-state index contributed by atoms with van der Waals surface area (Å²) >= 11 is 0. The number of rotatable bonds is 5. The van der Waals surface area contributed by atoms with Gasteiger partial charge in [0.15, 0.2) is 0 Å². The molecule has 0 spiro atoms. The van der Waals surface area contributed by atoms with Gasteiger partial charge < -0.3 is 10.2 Å². The van der Waals surface area contributed by atoms with Crippen LogP contribution < -0.4 is 5.32 Å². The molecule has 2 aromatic rings. The minimum absolute atomic E-state index is 0.148. The van der Waals surface area contributed by atoms with E-state index in [9.17, 15) is 9.59 Å². The van der Waals surface area contributed by atoms with E-state index in [2.05, 4.69) is 15.5 Å². The molecule has 0 bridgehead atoms. The fourth-order valence-electron chi connectivity index (χ4n) is 3.14. The molecule has 1 aromatic heterocycles. The second kappa shape index (κ2) is 6.11. The molecule has 24 heavy (non-hydrogen) atoms. The average Bonchev–Trinajstić information content (AvgIpc) is 3.21. The van der Waals surface area contributed by atoms with Crippen molar-refractivity contribution in [3.63, 3.8) is 0 Å². The van der Waals surface area contributed by atoms with Gasteiger partial charge in [-0.05, 0) is 42.9 Å². The Kier molecular flexibility index (Phi) is 3.80. The van der Waals surface area contributed by atoms with Crippen LogP contribution >= 0.6 is 0 Å². The number of amides is 2. The predicted octanol–water partition coefficient (Wildman–Crippen LogP) is 2.66. The van der Waals surface area contributed by atoms with Gasteiger partial charge in [0.05, 0.1) is 6.20 Å². The summed E-state index contributed by atoms with van der Waals surface area (Å²) in [5.74, 6) is 1.29. The zero-order valence-corrected chi connectivity index (χ0v) is 13.4. The van der Waals surface area contributed by atoms with Crippen LogP contribution in [0.2, 0.25) is 0 Å². The molecule has 0 atom stereocenters. The van der Waals surface area contributed by atoms with E-state index >= 15 is 0 Å². The van der Waals surface area contributed by atoms with E-state index in [1.165, 1.54) is 0 Å². The lowest BCUT2D eigenvalue weighted by molar-refractivity contribution is -0.128. The minimum Gasteiger partial charge on any atom is -0.338 e. The maximum absolute atomic E-state index is 12.4. The van der Waals surface area contributed by atoms with Crippen LogP contribution in [0, 0.1) is 0 Å². The number of likely N-dealkylation sites (tertiary alicyclic amines) is 1. The molecule has 2 aliphatic rings. The first-order valence-corrected chi connectivity index (χ1v) is 8.42. The molecule has 1 saturated heterocycles. The van der Waals surface area contributed by atoms with Crippen LogP contribution in [-0.4, -0.2) is 33.5 Å². The zero-order valence-electron chi connectivity index (χ0n) is 13.4. The van der Waals surface area contributed by atoms with E-state index in [4.69, 9.17) is 0 Å². The van der Waals surface area contributed by atoms with E-state index < -0.39 is 0 Å². The van der Waals surface area contributed by atoms with Crippen molar-refractivity contribution in [2.45, 2.75) is 38.1 Å². The maximum atomic E-state index is 12.4. The largest absolute Gasteiger partial charge is 0.338 e. The molecule has 1 saturated carbocycles. The van der Waals surface area contributed by atoms with Crippen molar-refractivity contribution in [1.82, 2.24) is 15.1 Å². The number of hydrogen-bond donors (Lipinski definition) is 2. The lowest BCUT2D eigenvalue weighted by Gasteiger charge is -2.15. The molecule has 2 heterocycles. The van der Waals surface area contributed by atoms with Crippen LogP contribution in [0.4, 0.5) is 5.82 Å². The summed E-state index contributed by atoms with van der Waals surface area (Å²) in [5, 5.41) is 9.80. The van der Waals surface area contributed by atoms with Gasteiger partial charge in [0, 0.05) is 30.6 Å². The number of benzene rings is 1. The van der Waals surface area contributed by atoms with Gasteiger partial charge in [0.25, 0.3) is 5.91 Å². The third kappa shape index (κ3) is 3.04. The Balaban J connectivity index is 1.41. The van der Waals surface area contributed by atoms with Crippen molar-refractivity contribution in [2.24, 2.45) is 0 Å². The number of aromatic amines is 1. The van der Waals surface area contributed by atoms with Gasteiger partial charge in [-0.3, -0.25) is 14.7 Å². The molecular weight excluding hydrogens is 304 g/mol. The highest BCUT2D eigenvalue weighted by Gasteiger charge is 2.28. The number of anilines is 1. The smallest absolute Gasteiger partial charge is 0.256 e. The Morgan fingerprint density at radius 2 is 2.08 bits per heavy atom. The van der Waals surface area contributed by atoms with Gasteiger partial charge in [-0.2, -0.15) is 5.10 Å². The van der Waals surface area contributed by atoms with Crippen LogP contribution in [-0.2, 0) is 11.3 Å². The monoisotopic (exact) mass is 324 g/mol. The van der Waals surface area contributed by atoms with Crippen LogP contribution in [0.3, 0.4) is 0 Å². The second-order valence-electron chi connectivity index (χ2n) is 6.54. The number of carbonyl (C=O) groups excluding carboxylic acids is 2. The van der Waals surface area contributed by atoms with Gasteiger partial charge in [0.1, 0.15) is 5.82 Å². The van der Waals surface area contributed by atoms with E-state index in [1.54, 1.807) is 18.3 Å². The molecule has 6 heteroatoms. The maximum Gasteiger partial charge on any atom is 0.256 e. The number of nitrogens with zero attached hydrogens (tertiary/aromatic N) is 2. The molecule has 1 aromatic carbocycles. The Labute approximate surface area is 140 Å². The molecule has 2 amide bonds. The minimum atomic E-state index is -0.148. The van der Waals surface area contributed by atoms with Crippen molar-refractivity contribution in [2.75, 3.05) is 11.9 Å². The summed E-state index contributed by atoms with van der Waals surface area (Å²) in [6.07, 6.45) is 5.70. The number of carbonyl (C=O) groups is 2. The number of nitrogens with one attached hydrogen (secondary N) is 2. The summed E-state index contributed by atoms with van der Waals surface area (Å²) in [6.45, 7) is 1.44. The lowest BCUT2D eigenvalue weighted by Crippen LogP contribution is -2.23. The molecule has 2 fully saturated rings. The SMILES string of the molecule is O=C(Nc1[nH]ncc1C1CC1)c1ccc(CN2CCCC2=O)cc1. The molecule has 6 nitrogen and oxygen atoms in total. The summed E-state index contributed by atoms with van der Waals surface area (Å²) < 4.78 is 0. The Morgan fingerprint density at radius 1 is 1.29 bits per heavy atom. The summed E-state index contributed by atoms with van der Waals surface area (Å²) in [5.41, 5.74) is 2.73. The zero-order chi connectivity index (χ0) is 16.5. The summed E-state index contributed by atoms with van der Waals surface area (Å²) in [6, 6.07) is 7.43. The number of H-pyrrole nitrogens is 1. The van der Waals surface area contributed by atoms with Crippen molar-refractivity contribution in [3.05, 3.63) is 47.2 Å². The van der Waals surface area contributed by atoms with Gasteiger partial charge in [-0.25, -0.2) is 0 Å². The first-order valence-electron chi connectivity index (χ1n) is 8.42. The van der Waals surface area contributed by atoms with Gasteiger partial charge in [-0.15, -0.1) is 0 Å². The highest BCUT2D eigenvalue weighted by Crippen LogP contribution is 2.42. The van der Waals surface area contributed by atoms with E-state index in [1.807, 2.05) is 17.0 Å². The Morgan fingerprint density at radius 3 is 2.75 bits per heavy atom. The standard InChI is InChI=1S/C18H20N4O2/c23-16-2-1-9-22(16)11-12-3-5-14(6-4-12)18(24)20-17-15(10-19-21-17)13-7-8-13/h3-6,10,13H,1-2,7-9,11H2,(H2,19,20,21,24). The van der Waals surface area contributed by atoms with Gasteiger partial charge in [-0.1, -0.05) is 12.1 Å². The van der Waals surface area contributed by atoms with Crippen LogP contribution in [0.15, 0.2) is 30.5 Å². The number of aromatic nitrogens is 2. The topological polar surface area (TPSA) is 78.1 Å². The Bertz CT molecular complexity index is 762. The van der Waals surface area contributed by atoms with E-state index in [-0.39, 0.29) is 11.8 Å². The normalized spacial score (nSPS) is 17.3. The fourth-order valence-corrected chi connectivity index (χ4v) is 3.14. The van der Waals surface area contributed by atoms with E-state index in [0.29, 0.717) is 30.3 Å². The highest BCUT2D eigenvalue weighted by atomic mass is 16.2. The van der Waals surface area contributed by atoms with Crippen LogP contribution in [0.25, 0.3) is 0 Å². The Hall–Kier alpha value is -2.63. The average molecular weight is 324 g/mol. The molecule has 4 rings (SSSR count). The quantitative estimate of drug-likeness (QED) is 0.887. The summed E-state index contributed by atoms with van der Waals surface area (Å²) in [7, 11) is 0. The molecule has 2 N–H and O–H groups in total. The first-order chi connectivity index (χ1) is 11.7. The molecule has 0 unspecified atom stereocenters. The molecule has 1 aliphatic heterocycles. The van der Waals surface area contributed by atoms with Gasteiger partial charge in [0.2, 0.25) is 5.91 Å². The van der Waals surface area contributed by atoms with Crippen molar-refractivity contribution in [3.8, 4) is 0 Å². The lowest BCUT2D eigenvalue weighted by atomic mass is 10.1. The van der Waals surface area contributed by atoms with Crippen molar-refractivity contribution in [1.29, 1.82) is 0 Å². The molecular formula is C18H20N4O2. The van der Waals surface area contributed by atoms with Crippen LogP contribution in [0.1, 0.15) is 53.1 Å². The molecule has 0 radical (unpaired) electrons. The van der Waals surface area contributed by atoms with E-state index in [0.717, 1.165) is 36.9 Å². The van der Waals surface area contributed by atoms with Gasteiger partial charge >= 0.3 is 0 Å². The molecule has 124 valence electrons. The predicted molar refractivity (Wildman–Crippen MR) is 89.6 cm³/mol. The first kappa shape index (κ1) is 14.9. The number of hydrogen-bond acceptors (Lipinski definition) is 3. The second-order valence-corrected chi connectivity index (χ2v) is 6.54. The molecule has 1 aliphatic carbocycles. The third-order valence-corrected chi connectivity index (χ3v) is 4.69. The fraction of sp³-hybridized carbons (Fsp3) is 0.389. The van der Waals surface area contributed by atoms with Crippen molar-refractivity contribution < 1.29 is 9.59 Å². The van der Waals surface area contributed by atoms with Crippen LogP contribution in [0.5, 0.6) is 0 Å². The van der Waals surface area contributed by atoms with Crippen molar-refractivity contribution >= 4 is 17.6 Å².